The van der Waals surface area contributed by atoms with E-state index in [-0.39, 0.29) is 67.0 Å². The summed E-state index contributed by atoms with van der Waals surface area (Å²) in [4.78, 5) is 56.3. The molecule has 1 fully saturated rings. The molecule has 1 saturated heterocycles. The number of piperazine rings is 1. The number of nitrogens with zero attached hydrogens (tertiary/aromatic N) is 8. The van der Waals surface area contributed by atoms with E-state index < -0.39 is 29.2 Å². The van der Waals surface area contributed by atoms with Crippen molar-refractivity contribution in [2.45, 2.75) is 39.4 Å². The smallest absolute Gasteiger partial charge is 0.433 e. The number of aryl methyl sites for hydroxylation is 1. The van der Waals surface area contributed by atoms with Crippen LogP contribution < -0.4 is 15.8 Å². The van der Waals surface area contributed by atoms with Crippen LogP contribution in [-0.4, -0.2) is 90.3 Å². The molecule has 0 unspecified atom stereocenters. The number of anilines is 2. The van der Waals surface area contributed by atoms with Crippen LogP contribution in [0.15, 0.2) is 41.3 Å². The second kappa shape index (κ2) is 13.1. The number of fused-ring (bicyclic) bond motifs is 1. The Kier molecular flexibility index (Phi) is 8.87. The Morgan fingerprint density at radius 1 is 1.10 bits per heavy atom. The van der Waals surface area contributed by atoms with Gasteiger partial charge in [0.05, 0.1) is 30.3 Å². The number of carbonyl (C=O) groups is 2. The van der Waals surface area contributed by atoms with E-state index in [1.54, 1.807) is 9.47 Å². The van der Waals surface area contributed by atoms with Crippen molar-refractivity contribution in [3.05, 3.63) is 75.5 Å². The van der Waals surface area contributed by atoms with E-state index in [1.807, 2.05) is 17.9 Å². The molecule has 252 valence electrons. The highest BCUT2D eigenvalue weighted by molar-refractivity contribution is 5.95. The number of carbonyl (C=O) groups excluding carboxylic acids is 2. The molecule has 6 heterocycles. The zero-order valence-electron chi connectivity index (χ0n) is 26.1. The highest BCUT2D eigenvalue weighted by Crippen LogP contribution is 2.29. The minimum Gasteiger partial charge on any atom is -0.505 e. The van der Waals surface area contributed by atoms with Crippen LogP contribution >= 0.6 is 0 Å². The number of aromatic hydroxyl groups is 1. The van der Waals surface area contributed by atoms with E-state index in [9.17, 15) is 32.7 Å². The van der Waals surface area contributed by atoms with Crippen molar-refractivity contribution in [3.63, 3.8) is 0 Å². The number of rotatable bonds is 7. The predicted molar refractivity (Wildman–Crippen MR) is 167 cm³/mol. The van der Waals surface area contributed by atoms with E-state index in [4.69, 9.17) is 4.74 Å². The average Bonchev–Trinajstić information content (AvgIpc) is 3.53. The summed E-state index contributed by atoms with van der Waals surface area (Å²) in [7, 11) is 0. The van der Waals surface area contributed by atoms with Crippen LogP contribution in [-0.2, 0) is 28.7 Å². The van der Waals surface area contributed by atoms with E-state index in [0.29, 0.717) is 37.6 Å². The van der Waals surface area contributed by atoms with Crippen LogP contribution in [0.25, 0.3) is 11.4 Å². The number of hydrogen-bond acceptors (Lipinski definition) is 10. The fraction of sp³-hybridized carbons (Fsp3) is 0.387. The predicted octanol–water partition coefficient (Wildman–Crippen LogP) is 2.68. The second-order valence-corrected chi connectivity index (χ2v) is 11.3. The van der Waals surface area contributed by atoms with E-state index in [0.717, 1.165) is 22.2 Å². The van der Waals surface area contributed by atoms with Gasteiger partial charge in [0.25, 0.3) is 11.5 Å². The Balaban J connectivity index is 1.35. The van der Waals surface area contributed by atoms with Gasteiger partial charge in [-0.25, -0.2) is 9.97 Å². The highest BCUT2D eigenvalue weighted by atomic mass is 19.4. The van der Waals surface area contributed by atoms with Crippen LogP contribution in [0.3, 0.4) is 0 Å². The molecule has 0 aromatic carbocycles. The summed E-state index contributed by atoms with van der Waals surface area (Å²) in [6.45, 7) is 4.66. The summed E-state index contributed by atoms with van der Waals surface area (Å²) in [6, 6.07) is 4.85. The third-order valence-electron chi connectivity index (χ3n) is 8.24. The Morgan fingerprint density at radius 3 is 2.52 bits per heavy atom. The number of halogens is 3. The van der Waals surface area contributed by atoms with Gasteiger partial charge in [0.15, 0.2) is 11.5 Å². The van der Waals surface area contributed by atoms with E-state index in [1.165, 1.54) is 25.3 Å². The van der Waals surface area contributed by atoms with Crippen LogP contribution in [0, 0.1) is 6.92 Å². The van der Waals surface area contributed by atoms with Crippen molar-refractivity contribution in [2.75, 3.05) is 49.6 Å². The van der Waals surface area contributed by atoms with Crippen molar-refractivity contribution in [2.24, 2.45) is 0 Å². The van der Waals surface area contributed by atoms with Gasteiger partial charge in [-0.05, 0) is 49.6 Å². The molecule has 17 heteroatoms. The molecule has 6 rings (SSSR count). The first-order valence-corrected chi connectivity index (χ1v) is 15.3. The summed E-state index contributed by atoms with van der Waals surface area (Å²) < 4.78 is 47.6. The lowest BCUT2D eigenvalue weighted by molar-refractivity contribution is -0.141. The van der Waals surface area contributed by atoms with Crippen molar-refractivity contribution in [3.8, 4) is 5.75 Å². The maximum atomic E-state index is 14.1. The molecule has 0 atom stereocenters. The number of nitrogens with one attached hydrogen (secondary N) is 1. The topological polar surface area (TPSA) is 160 Å². The van der Waals surface area contributed by atoms with Gasteiger partial charge >= 0.3 is 6.18 Å². The van der Waals surface area contributed by atoms with Gasteiger partial charge in [0, 0.05) is 32.4 Å². The van der Waals surface area contributed by atoms with Gasteiger partial charge in [-0.1, -0.05) is 13.0 Å². The van der Waals surface area contributed by atoms with Crippen LogP contribution in [0.2, 0.25) is 0 Å². The Morgan fingerprint density at radius 2 is 1.88 bits per heavy atom. The number of hydrogen-bond donors (Lipinski definition) is 2. The van der Waals surface area contributed by atoms with Gasteiger partial charge in [-0.3, -0.25) is 14.4 Å². The quantitative estimate of drug-likeness (QED) is 0.300. The van der Waals surface area contributed by atoms with Gasteiger partial charge in [-0.15, -0.1) is 5.10 Å². The van der Waals surface area contributed by atoms with E-state index >= 15 is 0 Å². The van der Waals surface area contributed by atoms with Crippen molar-refractivity contribution >= 4 is 34.5 Å². The molecular weight excluding hydrogens is 635 g/mol. The van der Waals surface area contributed by atoms with Gasteiger partial charge in [0.2, 0.25) is 11.7 Å². The Hall–Kier alpha value is -5.32. The van der Waals surface area contributed by atoms with Crippen LogP contribution in [0.4, 0.5) is 24.5 Å². The molecular formula is C31H32F3N9O5. The summed E-state index contributed by atoms with van der Waals surface area (Å²) in [5.41, 5.74) is 0.0782. The minimum atomic E-state index is -4.63. The molecule has 2 aliphatic rings. The second-order valence-electron chi connectivity index (χ2n) is 11.3. The standard InChI is InChI=1S/C31H32F3N9O5/c1-3-21-26(40-11-13-41(14-12-40)28(46)25-22(44)5-4-10-35-25)29(47)43-30(38-27(39-43)19-8-15-48-16-9-19)42(21)17-24(45)37-20-6-7-23(31(32,33)34)36-18(20)2/h4-8,10,44H,3,9,11-17H2,1-2H3,(H,37,45). The van der Waals surface area contributed by atoms with Gasteiger partial charge < -0.3 is 29.5 Å². The molecule has 14 nitrogen and oxygen atoms in total. The first-order valence-electron chi connectivity index (χ1n) is 15.3. The first kappa shape index (κ1) is 32.6. The lowest BCUT2D eigenvalue weighted by atomic mass is 10.1. The van der Waals surface area contributed by atoms with E-state index in [2.05, 4.69) is 25.4 Å². The van der Waals surface area contributed by atoms with Crippen molar-refractivity contribution in [1.82, 2.24) is 34.0 Å². The molecule has 48 heavy (non-hydrogen) atoms. The van der Waals surface area contributed by atoms with Crippen LogP contribution in [0.5, 0.6) is 5.75 Å². The molecule has 0 radical (unpaired) electrons. The lowest BCUT2D eigenvalue weighted by Gasteiger charge is -2.36. The molecule has 2 amide bonds. The molecule has 2 aliphatic heterocycles. The molecule has 0 aliphatic carbocycles. The first-order chi connectivity index (χ1) is 23.0. The molecule has 0 bridgehead atoms. The maximum absolute atomic E-state index is 14.1. The van der Waals surface area contributed by atoms with Crippen molar-refractivity contribution in [1.29, 1.82) is 0 Å². The zero-order valence-corrected chi connectivity index (χ0v) is 26.1. The van der Waals surface area contributed by atoms with Crippen LogP contribution in [0.1, 0.15) is 46.7 Å². The largest absolute Gasteiger partial charge is 0.505 e. The number of amides is 2. The number of pyridine rings is 2. The Bertz CT molecular complexity index is 1980. The molecule has 0 spiro atoms. The fourth-order valence-electron chi connectivity index (χ4n) is 5.82. The lowest BCUT2D eigenvalue weighted by Crippen LogP contribution is -2.51. The summed E-state index contributed by atoms with van der Waals surface area (Å²) >= 11 is 0. The normalized spacial score (nSPS) is 15.5. The number of aromatic nitrogens is 6. The molecule has 4 aromatic heterocycles. The number of alkyl halides is 3. The van der Waals surface area contributed by atoms with Crippen molar-refractivity contribution < 1.29 is 32.6 Å². The maximum Gasteiger partial charge on any atom is 0.433 e. The summed E-state index contributed by atoms with van der Waals surface area (Å²) in [6.07, 6.45) is -0.540. The molecule has 2 N–H and O–H groups in total. The molecule has 4 aromatic rings. The van der Waals surface area contributed by atoms with Gasteiger partial charge in [-0.2, -0.15) is 22.7 Å². The van der Waals surface area contributed by atoms with Gasteiger partial charge in [0.1, 0.15) is 23.7 Å². The third kappa shape index (κ3) is 6.32. The average molecular weight is 668 g/mol. The third-order valence-corrected chi connectivity index (χ3v) is 8.24. The minimum absolute atomic E-state index is 0.0118. The fourth-order valence-corrected chi connectivity index (χ4v) is 5.82. The number of ether oxygens (including phenoxy) is 1. The zero-order chi connectivity index (χ0) is 34.2. The SMILES string of the molecule is CCc1c(N2CCN(C(=O)c3ncccc3O)CC2)c(=O)n2nc(C3=CCOCC3)nc2n1CC(=O)Nc1ccc(C(F)(F)F)nc1C. The molecule has 0 saturated carbocycles. The monoisotopic (exact) mass is 667 g/mol. The highest BCUT2D eigenvalue weighted by Gasteiger charge is 2.33. The summed E-state index contributed by atoms with van der Waals surface area (Å²) in [5, 5.41) is 17.3. The Labute approximate surface area is 271 Å². The summed E-state index contributed by atoms with van der Waals surface area (Å²) in [5.74, 6) is -0.802.